The Balaban J connectivity index is 2.08. The molecule has 0 spiro atoms. The molecular weight excluding hydrogens is 200 g/mol. The summed E-state index contributed by atoms with van der Waals surface area (Å²) in [6, 6.07) is 8.24. The van der Waals surface area contributed by atoms with Crippen molar-refractivity contribution in [3.63, 3.8) is 0 Å². The highest BCUT2D eigenvalue weighted by molar-refractivity contribution is 5.76. The average molecular weight is 218 g/mol. The summed E-state index contributed by atoms with van der Waals surface area (Å²) >= 11 is 0. The minimum Gasteiger partial charge on any atom is -0.399 e. The first kappa shape index (κ1) is 11.0. The highest BCUT2D eigenvalue weighted by Crippen LogP contribution is 2.29. The van der Waals surface area contributed by atoms with Crippen LogP contribution in [0.3, 0.4) is 0 Å². The second-order valence-electron chi connectivity index (χ2n) is 4.35. The number of carbonyl (C=O) groups excluding carboxylic acids is 1. The number of nitrogens with zero attached hydrogens (tertiary/aromatic N) is 1. The first-order valence-corrected chi connectivity index (χ1v) is 5.84. The van der Waals surface area contributed by atoms with Gasteiger partial charge in [-0.25, -0.2) is 0 Å². The average Bonchev–Trinajstić information content (AvgIpc) is 3.09. The van der Waals surface area contributed by atoms with Gasteiger partial charge in [0, 0.05) is 24.7 Å². The van der Waals surface area contributed by atoms with Crippen molar-refractivity contribution in [2.24, 2.45) is 0 Å². The van der Waals surface area contributed by atoms with E-state index in [9.17, 15) is 4.79 Å². The van der Waals surface area contributed by atoms with Gasteiger partial charge in [0.2, 0.25) is 5.91 Å². The smallest absolute Gasteiger partial charge is 0.222 e. The summed E-state index contributed by atoms with van der Waals surface area (Å²) in [5.74, 6) is 0.241. The first-order chi connectivity index (χ1) is 7.70. The number of nitrogens with two attached hydrogens (primary N) is 1. The van der Waals surface area contributed by atoms with E-state index in [1.807, 2.05) is 36.1 Å². The molecule has 0 bridgehead atoms. The predicted molar refractivity (Wildman–Crippen MR) is 64.7 cm³/mol. The van der Waals surface area contributed by atoms with Gasteiger partial charge in [0.05, 0.1) is 0 Å². The van der Waals surface area contributed by atoms with E-state index in [0.717, 1.165) is 24.1 Å². The quantitative estimate of drug-likeness (QED) is 0.787. The highest BCUT2D eigenvalue weighted by atomic mass is 16.2. The van der Waals surface area contributed by atoms with Crippen molar-refractivity contribution in [3.8, 4) is 0 Å². The molecule has 0 unspecified atom stereocenters. The maximum absolute atomic E-state index is 11.8. The van der Waals surface area contributed by atoms with E-state index in [2.05, 4.69) is 0 Å². The lowest BCUT2D eigenvalue weighted by atomic mass is 10.2. The fourth-order valence-electron chi connectivity index (χ4n) is 1.90. The van der Waals surface area contributed by atoms with Gasteiger partial charge in [0.15, 0.2) is 0 Å². The number of amides is 1. The number of carbonyl (C=O) groups is 1. The zero-order valence-electron chi connectivity index (χ0n) is 9.65. The molecule has 0 radical (unpaired) electrons. The molecule has 16 heavy (non-hydrogen) atoms. The van der Waals surface area contributed by atoms with E-state index < -0.39 is 0 Å². The van der Waals surface area contributed by atoms with Crippen LogP contribution < -0.4 is 5.73 Å². The lowest BCUT2D eigenvalue weighted by Crippen LogP contribution is -2.31. The molecule has 0 heterocycles. The van der Waals surface area contributed by atoms with Crippen molar-refractivity contribution in [2.45, 2.75) is 38.8 Å². The first-order valence-electron chi connectivity index (χ1n) is 5.84. The lowest BCUT2D eigenvalue weighted by molar-refractivity contribution is -0.132. The standard InChI is InChI=1S/C13H18N2O/c1-2-13(16)15(12-6-7-12)9-10-4-3-5-11(14)8-10/h3-5,8,12H,2,6-7,9,14H2,1H3. The van der Waals surface area contributed by atoms with Crippen LogP contribution >= 0.6 is 0 Å². The topological polar surface area (TPSA) is 46.3 Å². The summed E-state index contributed by atoms with van der Waals surface area (Å²) in [7, 11) is 0. The SMILES string of the molecule is CCC(=O)N(Cc1cccc(N)c1)C1CC1. The number of anilines is 1. The number of hydrogen-bond donors (Lipinski definition) is 1. The molecule has 1 aromatic carbocycles. The van der Waals surface area contributed by atoms with E-state index in [-0.39, 0.29) is 5.91 Å². The monoisotopic (exact) mass is 218 g/mol. The van der Waals surface area contributed by atoms with Crippen LogP contribution in [0.25, 0.3) is 0 Å². The predicted octanol–water partition coefficient (Wildman–Crippen LogP) is 2.17. The molecule has 3 nitrogen and oxygen atoms in total. The fraction of sp³-hybridized carbons (Fsp3) is 0.462. The minimum atomic E-state index is 0.241. The van der Waals surface area contributed by atoms with E-state index in [1.165, 1.54) is 0 Å². The van der Waals surface area contributed by atoms with Crippen molar-refractivity contribution in [2.75, 3.05) is 5.73 Å². The third kappa shape index (κ3) is 2.54. The molecule has 0 saturated heterocycles. The molecule has 0 aliphatic heterocycles. The van der Waals surface area contributed by atoms with Crippen LogP contribution in [-0.2, 0) is 11.3 Å². The van der Waals surface area contributed by atoms with Gasteiger partial charge < -0.3 is 10.6 Å². The van der Waals surface area contributed by atoms with Crippen molar-refractivity contribution in [1.29, 1.82) is 0 Å². The number of nitrogen functional groups attached to an aromatic ring is 1. The zero-order chi connectivity index (χ0) is 11.5. The summed E-state index contributed by atoms with van der Waals surface area (Å²) < 4.78 is 0. The molecule has 1 fully saturated rings. The zero-order valence-corrected chi connectivity index (χ0v) is 9.65. The molecule has 1 amide bonds. The van der Waals surface area contributed by atoms with Gasteiger partial charge in [-0.2, -0.15) is 0 Å². The third-order valence-corrected chi connectivity index (χ3v) is 2.91. The van der Waals surface area contributed by atoms with Gasteiger partial charge in [0.1, 0.15) is 0 Å². The molecule has 2 N–H and O–H groups in total. The minimum absolute atomic E-state index is 0.241. The van der Waals surface area contributed by atoms with Crippen LogP contribution in [0, 0.1) is 0 Å². The molecule has 1 aromatic rings. The second kappa shape index (κ2) is 4.56. The van der Waals surface area contributed by atoms with E-state index in [0.29, 0.717) is 19.0 Å². The lowest BCUT2D eigenvalue weighted by Gasteiger charge is -2.22. The molecule has 86 valence electrons. The van der Waals surface area contributed by atoms with Crippen molar-refractivity contribution in [1.82, 2.24) is 4.90 Å². The molecule has 2 rings (SSSR count). The van der Waals surface area contributed by atoms with Crippen LogP contribution in [0.1, 0.15) is 31.7 Å². The summed E-state index contributed by atoms with van der Waals surface area (Å²) in [5.41, 5.74) is 7.61. The molecule has 1 saturated carbocycles. The number of benzene rings is 1. The Bertz CT molecular complexity index is 385. The molecule has 1 aliphatic carbocycles. The maximum Gasteiger partial charge on any atom is 0.222 e. The third-order valence-electron chi connectivity index (χ3n) is 2.91. The Morgan fingerprint density at radius 3 is 2.81 bits per heavy atom. The Morgan fingerprint density at radius 1 is 1.50 bits per heavy atom. The van der Waals surface area contributed by atoms with Gasteiger partial charge in [0.25, 0.3) is 0 Å². The summed E-state index contributed by atoms with van der Waals surface area (Å²) in [6.45, 7) is 2.61. The van der Waals surface area contributed by atoms with Gasteiger partial charge in [-0.05, 0) is 30.5 Å². The Morgan fingerprint density at radius 2 is 2.25 bits per heavy atom. The molecule has 0 aromatic heterocycles. The Hall–Kier alpha value is -1.51. The highest BCUT2D eigenvalue weighted by Gasteiger charge is 2.31. The Kier molecular flexibility index (Phi) is 3.13. The molecule has 1 aliphatic rings. The summed E-state index contributed by atoms with van der Waals surface area (Å²) in [6.07, 6.45) is 2.88. The second-order valence-corrected chi connectivity index (χ2v) is 4.35. The van der Waals surface area contributed by atoms with E-state index in [1.54, 1.807) is 0 Å². The Labute approximate surface area is 96.2 Å². The van der Waals surface area contributed by atoms with Crippen LogP contribution in [0.5, 0.6) is 0 Å². The summed E-state index contributed by atoms with van der Waals surface area (Å²) in [4.78, 5) is 13.8. The van der Waals surface area contributed by atoms with Gasteiger partial charge >= 0.3 is 0 Å². The molecular formula is C13H18N2O. The van der Waals surface area contributed by atoms with Crippen molar-refractivity contribution in [3.05, 3.63) is 29.8 Å². The van der Waals surface area contributed by atoms with Gasteiger partial charge in [-0.1, -0.05) is 19.1 Å². The summed E-state index contributed by atoms with van der Waals surface area (Å²) in [5, 5.41) is 0. The maximum atomic E-state index is 11.8. The molecule has 3 heteroatoms. The van der Waals surface area contributed by atoms with Crippen molar-refractivity contribution >= 4 is 11.6 Å². The largest absolute Gasteiger partial charge is 0.399 e. The van der Waals surface area contributed by atoms with Crippen LogP contribution in [-0.4, -0.2) is 16.8 Å². The number of rotatable bonds is 4. The molecule has 0 atom stereocenters. The van der Waals surface area contributed by atoms with E-state index >= 15 is 0 Å². The van der Waals surface area contributed by atoms with Gasteiger partial charge in [-0.15, -0.1) is 0 Å². The normalized spacial score (nSPS) is 14.8. The van der Waals surface area contributed by atoms with Crippen molar-refractivity contribution < 1.29 is 4.79 Å². The fourth-order valence-corrected chi connectivity index (χ4v) is 1.90. The van der Waals surface area contributed by atoms with Crippen LogP contribution in [0.4, 0.5) is 5.69 Å². The van der Waals surface area contributed by atoms with Crippen LogP contribution in [0.2, 0.25) is 0 Å². The van der Waals surface area contributed by atoms with Crippen LogP contribution in [0.15, 0.2) is 24.3 Å². The van der Waals surface area contributed by atoms with E-state index in [4.69, 9.17) is 5.73 Å². The van der Waals surface area contributed by atoms with Gasteiger partial charge in [-0.3, -0.25) is 4.79 Å². The number of hydrogen-bond acceptors (Lipinski definition) is 2.